The van der Waals surface area contributed by atoms with E-state index in [0.717, 1.165) is 12.1 Å². The predicted molar refractivity (Wildman–Crippen MR) is 117 cm³/mol. The summed E-state index contributed by atoms with van der Waals surface area (Å²) in [7, 11) is -3.61. The van der Waals surface area contributed by atoms with Crippen LogP contribution in [0.4, 0.5) is 0 Å². The molecule has 2 aliphatic rings. The zero-order chi connectivity index (χ0) is 21.0. The van der Waals surface area contributed by atoms with E-state index in [1.54, 1.807) is 29.2 Å². The van der Waals surface area contributed by atoms with Gasteiger partial charge in [-0.2, -0.15) is 4.99 Å². The normalized spacial score (nSPS) is 24.6. The van der Waals surface area contributed by atoms with Crippen molar-refractivity contribution in [1.29, 1.82) is 0 Å². The van der Waals surface area contributed by atoms with Crippen LogP contribution in [0.15, 0.2) is 64.5 Å². The fourth-order valence-electron chi connectivity index (χ4n) is 4.23. The maximum atomic E-state index is 12.5. The summed E-state index contributed by atoms with van der Waals surface area (Å²) < 4.78 is 27.7. The smallest absolute Gasteiger partial charge is 0.264 e. The zero-order valence-electron chi connectivity index (χ0n) is 17.4. The first-order valence-corrected chi connectivity index (χ1v) is 12.1. The standard InChI is InChI=1S/C22H29N5O2S/c1-18-7-9-21(10-8-18)30(28,29)25-22-23-16-27(17-24-22)20-11-13-26(14-12-20)15-19-5-3-2-4-6-19/h2-10,20H,11-17H2,1H3,(H2,23,24,25)/p+2. The molecule has 1 atom stereocenters. The first-order valence-electron chi connectivity index (χ1n) is 10.6. The van der Waals surface area contributed by atoms with Gasteiger partial charge in [0, 0.05) is 18.4 Å². The molecule has 1 fully saturated rings. The van der Waals surface area contributed by atoms with E-state index < -0.39 is 10.0 Å². The van der Waals surface area contributed by atoms with Crippen molar-refractivity contribution in [2.75, 3.05) is 26.4 Å². The van der Waals surface area contributed by atoms with Gasteiger partial charge in [-0.25, -0.2) is 13.1 Å². The number of sulfonamides is 1. The first-order chi connectivity index (χ1) is 14.5. The van der Waals surface area contributed by atoms with Gasteiger partial charge in [0.2, 0.25) is 5.96 Å². The topological polar surface area (TPSA) is 79.4 Å². The number of hydrogen-bond donors (Lipinski definition) is 4. The number of aryl methyl sites for hydroxylation is 1. The van der Waals surface area contributed by atoms with Crippen LogP contribution in [0.3, 0.4) is 0 Å². The Bertz CT molecular complexity index is 968. The molecular weight excluding hydrogens is 398 g/mol. The third-order valence-corrected chi connectivity index (χ3v) is 7.41. The van der Waals surface area contributed by atoms with E-state index in [1.165, 1.54) is 36.4 Å². The second kappa shape index (κ2) is 9.16. The van der Waals surface area contributed by atoms with Crippen LogP contribution in [0.1, 0.15) is 24.0 Å². The minimum atomic E-state index is -3.61. The van der Waals surface area contributed by atoms with Gasteiger partial charge in [-0.15, -0.1) is 0 Å². The summed E-state index contributed by atoms with van der Waals surface area (Å²) in [5.41, 5.74) is 2.42. The minimum absolute atomic E-state index is 0.251. The van der Waals surface area contributed by atoms with Crippen LogP contribution in [-0.2, 0) is 16.6 Å². The Morgan fingerprint density at radius 1 is 1.07 bits per heavy atom. The van der Waals surface area contributed by atoms with E-state index in [1.807, 2.05) is 6.92 Å². The SMILES string of the molecule is Cc1ccc(S(=O)(=O)NC2=NC[NH+](C3CC[NH+](Cc4ccccc4)CC3)CN2)cc1. The Labute approximate surface area is 178 Å². The van der Waals surface area contributed by atoms with E-state index in [9.17, 15) is 8.42 Å². The molecular formula is C22H31N5O2S+2. The lowest BCUT2D eigenvalue weighted by Crippen LogP contribution is -3.21. The number of guanidine groups is 1. The van der Waals surface area contributed by atoms with Gasteiger partial charge < -0.3 is 10.2 Å². The summed E-state index contributed by atoms with van der Waals surface area (Å²) in [4.78, 5) is 7.74. The van der Waals surface area contributed by atoms with Gasteiger partial charge in [-0.1, -0.05) is 48.0 Å². The number of nitrogens with zero attached hydrogens (tertiary/aromatic N) is 1. The van der Waals surface area contributed by atoms with Crippen molar-refractivity contribution < 1.29 is 18.2 Å². The molecule has 4 rings (SSSR count). The van der Waals surface area contributed by atoms with Crippen LogP contribution in [0.25, 0.3) is 0 Å². The highest BCUT2D eigenvalue weighted by Gasteiger charge is 2.31. The molecule has 0 aromatic heterocycles. The molecule has 7 nitrogen and oxygen atoms in total. The molecule has 0 amide bonds. The van der Waals surface area contributed by atoms with E-state index in [0.29, 0.717) is 25.3 Å². The molecule has 4 N–H and O–H groups in total. The minimum Gasteiger partial charge on any atom is -0.331 e. The number of aliphatic imine (C=N–C) groups is 1. The summed E-state index contributed by atoms with van der Waals surface area (Å²) in [6.45, 7) is 6.64. The molecule has 0 bridgehead atoms. The highest BCUT2D eigenvalue weighted by Crippen LogP contribution is 2.09. The summed E-state index contributed by atoms with van der Waals surface area (Å²) in [5.74, 6) is 0.339. The molecule has 0 radical (unpaired) electrons. The van der Waals surface area contributed by atoms with E-state index in [4.69, 9.17) is 0 Å². The summed E-state index contributed by atoms with van der Waals surface area (Å²) in [6.07, 6.45) is 2.33. The molecule has 0 aliphatic carbocycles. The fourth-order valence-corrected chi connectivity index (χ4v) is 5.23. The van der Waals surface area contributed by atoms with Crippen LogP contribution in [0, 0.1) is 6.92 Å². The molecule has 2 aromatic carbocycles. The van der Waals surface area contributed by atoms with Crippen LogP contribution in [0.5, 0.6) is 0 Å². The van der Waals surface area contributed by atoms with Crippen molar-refractivity contribution in [3.05, 3.63) is 65.7 Å². The Balaban J connectivity index is 1.27. The number of likely N-dealkylation sites (tertiary alicyclic amines) is 1. The molecule has 2 aliphatic heterocycles. The number of quaternary nitrogens is 2. The maximum absolute atomic E-state index is 12.5. The lowest BCUT2D eigenvalue weighted by Gasteiger charge is -2.35. The number of hydrogen-bond acceptors (Lipinski definition) is 4. The third kappa shape index (κ3) is 5.19. The molecule has 1 unspecified atom stereocenters. The van der Waals surface area contributed by atoms with Gasteiger partial charge in [-0.3, -0.25) is 4.90 Å². The van der Waals surface area contributed by atoms with Crippen LogP contribution in [0.2, 0.25) is 0 Å². The number of piperidine rings is 1. The first kappa shape index (κ1) is 20.8. The Morgan fingerprint density at radius 2 is 1.77 bits per heavy atom. The van der Waals surface area contributed by atoms with Gasteiger partial charge in [0.1, 0.15) is 12.6 Å². The van der Waals surface area contributed by atoms with E-state index in [2.05, 4.69) is 45.4 Å². The largest absolute Gasteiger partial charge is 0.331 e. The van der Waals surface area contributed by atoms with Crippen molar-refractivity contribution in [3.63, 3.8) is 0 Å². The van der Waals surface area contributed by atoms with Crippen molar-refractivity contribution in [3.8, 4) is 0 Å². The van der Waals surface area contributed by atoms with Crippen molar-refractivity contribution in [1.82, 2.24) is 10.0 Å². The second-order valence-corrected chi connectivity index (χ2v) is 9.96. The van der Waals surface area contributed by atoms with Gasteiger partial charge in [0.15, 0.2) is 13.3 Å². The molecule has 2 heterocycles. The zero-order valence-corrected chi connectivity index (χ0v) is 18.2. The van der Waals surface area contributed by atoms with Crippen molar-refractivity contribution >= 4 is 16.0 Å². The molecule has 0 saturated carbocycles. The molecule has 2 aromatic rings. The highest BCUT2D eigenvalue weighted by atomic mass is 32.2. The van der Waals surface area contributed by atoms with Crippen molar-refractivity contribution in [2.45, 2.75) is 37.2 Å². The highest BCUT2D eigenvalue weighted by molar-refractivity contribution is 7.90. The molecule has 30 heavy (non-hydrogen) atoms. The molecule has 8 heteroatoms. The number of nitrogens with one attached hydrogen (secondary N) is 4. The lowest BCUT2D eigenvalue weighted by molar-refractivity contribution is -0.964. The Morgan fingerprint density at radius 3 is 2.40 bits per heavy atom. The average Bonchev–Trinajstić information content (AvgIpc) is 2.76. The number of rotatable bonds is 5. The maximum Gasteiger partial charge on any atom is 0.264 e. The van der Waals surface area contributed by atoms with Crippen LogP contribution in [-0.4, -0.2) is 46.8 Å². The monoisotopic (exact) mass is 429 g/mol. The Hall–Kier alpha value is -2.42. The lowest BCUT2D eigenvalue weighted by atomic mass is 10.0. The number of benzene rings is 2. The summed E-state index contributed by atoms with van der Waals surface area (Å²) in [5, 5.41) is 3.17. The van der Waals surface area contributed by atoms with E-state index in [-0.39, 0.29) is 4.90 Å². The molecule has 0 spiro atoms. The summed E-state index contributed by atoms with van der Waals surface area (Å²) in [6, 6.07) is 18.1. The molecule has 1 saturated heterocycles. The van der Waals surface area contributed by atoms with Crippen LogP contribution >= 0.6 is 0 Å². The Kier molecular flexibility index (Phi) is 6.36. The molecule has 160 valence electrons. The predicted octanol–water partition coefficient (Wildman–Crippen LogP) is -0.720. The quantitative estimate of drug-likeness (QED) is 0.507. The van der Waals surface area contributed by atoms with Gasteiger partial charge in [-0.05, 0) is 19.1 Å². The van der Waals surface area contributed by atoms with E-state index >= 15 is 0 Å². The van der Waals surface area contributed by atoms with Crippen molar-refractivity contribution in [2.24, 2.45) is 4.99 Å². The fraction of sp³-hybridized carbons (Fsp3) is 0.409. The van der Waals surface area contributed by atoms with Gasteiger partial charge in [0.05, 0.1) is 18.0 Å². The van der Waals surface area contributed by atoms with Crippen LogP contribution < -0.4 is 19.8 Å². The van der Waals surface area contributed by atoms with Gasteiger partial charge in [0.25, 0.3) is 10.0 Å². The summed E-state index contributed by atoms with van der Waals surface area (Å²) >= 11 is 0. The average molecular weight is 430 g/mol. The third-order valence-electron chi connectivity index (χ3n) is 6.05. The second-order valence-electron chi connectivity index (χ2n) is 8.28. The van der Waals surface area contributed by atoms with Gasteiger partial charge >= 0.3 is 0 Å².